The SMILES string of the molecule is O=C(CNCC1CC1)Nc1ccc(S(=O)(=O)C(F)F)cc1. The van der Waals surface area contributed by atoms with Crippen molar-refractivity contribution in [3.8, 4) is 0 Å². The molecule has 0 aromatic heterocycles. The predicted octanol–water partition coefficient (Wildman–Crippen LogP) is 1.62. The van der Waals surface area contributed by atoms with E-state index in [4.69, 9.17) is 0 Å². The van der Waals surface area contributed by atoms with Crippen LogP contribution in [0.15, 0.2) is 29.2 Å². The summed E-state index contributed by atoms with van der Waals surface area (Å²) >= 11 is 0. The van der Waals surface area contributed by atoms with E-state index in [9.17, 15) is 22.0 Å². The van der Waals surface area contributed by atoms with Crippen LogP contribution in [0.2, 0.25) is 0 Å². The summed E-state index contributed by atoms with van der Waals surface area (Å²) in [7, 11) is -4.60. The summed E-state index contributed by atoms with van der Waals surface area (Å²) in [4.78, 5) is 11.1. The maximum absolute atomic E-state index is 12.4. The molecule has 2 rings (SSSR count). The topological polar surface area (TPSA) is 75.3 Å². The molecule has 1 amide bonds. The van der Waals surface area contributed by atoms with Crippen LogP contribution in [-0.4, -0.2) is 33.2 Å². The number of hydrogen-bond donors (Lipinski definition) is 2. The zero-order valence-electron chi connectivity index (χ0n) is 11.2. The molecule has 0 unspecified atom stereocenters. The van der Waals surface area contributed by atoms with Gasteiger partial charge < -0.3 is 10.6 Å². The highest BCUT2D eigenvalue weighted by Gasteiger charge is 2.26. The molecule has 1 fully saturated rings. The first-order valence-corrected chi connectivity index (χ1v) is 8.07. The van der Waals surface area contributed by atoms with Gasteiger partial charge in [0.1, 0.15) is 0 Å². The highest BCUT2D eigenvalue weighted by Crippen LogP contribution is 2.27. The molecule has 1 saturated carbocycles. The van der Waals surface area contributed by atoms with E-state index in [1.165, 1.54) is 25.0 Å². The molecule has 0 aliphatic heterocycles. The number of carbonyl (C=O) groups excluding carboxylic acids is 1. The van der Waals surface area contributed by atoms with E-state index in [1.54, 1.807) is 0 Å². The fourth-order valence-corrected chi connectivity index (χ4v) is 2.47. The van der Waals surface area contributed by atoms with Gasteiger partial charge in [-0.25, -0.2) is 8.42 Å². The quantitative estimate of drug-likeness (QED) is 0.801. The second kappa shape index (κ2) is 6.48. The zero-order chi connectivity index (χ0) is 15.5. The fourth-order valence-electron chi connectivity index (χ4n) is 1.75. The number of carbonyl (C=O) groups is 1. The number of hydrogen-bond acceptors (Lipinski definition) is 4. The molecule has 1 aromatic carbocycles. The molecule has 1 aromatic rings. The van der Waals surface area contributed by atoms with Crippen molar-refractivity contribution in [2.45, 2.75) is 23.5 Å². The lowest BCUT2D eigenvalue weighted by Gasteiger charge is -2.07. The molecule has 116 valence electrons. The van der Waals surface area contributed by atoms with Crippen LogP contribution in [0.4, 0.5) is 14.5 Å². The standard InChI is InChI=1S/C13H16F2N2O3S/c14-13(15)21(19,20)11-5-3-10(4-6-11)17-12(18)8-16-7-9-1-2-9/h3-6,9,13,16H,1-2,7-8H2,(H,17,18). The van der Waals surface area contributed by atoms with Gasteiger partial charge in [0, 0.05) is 5.69 Å². The Morgan fingerprint density at radius 3 is 2.38 bits per heavy atom. The summed E-state index contributed by atoms with van der Waals surface area (Å²) in [5.41, 5.74) is 0.362. The molecule has 0 spiro atoms. The Labute approximate surface area is 121 Å². The lowest BCUT2D eigenvalue weighted by molar-refractivity contribution is -0.115. The summed E-state index contributed by atoms with van der Waals surface area (Å²) in [6, 6.07) is 4.67. The molecule has 8 heteroatoms. The molecule has 0 radical (unpaired) electrons. The minimum atomic E-state index is -4.60. The van der Waals surface area contributed by atoms with Gasteiger partial charge in [0.2, 0.25) is 15.7 Å². The van der Waals surface area contributed by atoms with E-state index in [1.807, 2.05) is 0 Å². The first-order valence-electron chi connectivity index (χ1n) is 6.52. The van der Waals surface area contributed by atoms with Gasteiger partial charge in [-0.2, -0.15) is 8.78 Å². The molecule has 1 aliphatic rings. The average molecular weight is 318 g/mol. The van der Waals surface area contributed by atoms with Crippen LogP contribution < -0.4 is 10.6 Å². The number of anilines is 1. The van der Waals surface area contributed by atoms with Crippen molar-refractivity contribution in [3.05, 3.63) is 24.3 Å². The Morgan fingerprint density at radius 1 is 1.24 bits per heavy atom. The monoisotopic (exact) mass is 318 g/mol. The van der Waals surface area contributed by atoms with E-state index < -0.39 is 20.5 Å². The van der Waals surface area contributed by atoms with Crippen molar-refractivity contribution < 1.29 is 22.0 Å². The number of alkyl halides is 2. The van der Waals surface area contributed by atoms with E-state index in [0.29, 0.717) is 11.6 Å². The Bertz CT molecular complexity index is 598. The summed E-state index contributed by atoms with van der Waals surface area (Å²) in [6.07, 6.45) is 2.38. The highest BCUT2D eigenvalue weighted by atomic mass is 32.2. The van der Waals surface area contributed by atoms with Crippen LogP contribution in [0.5, 0.6) is 0 Å². The van der Waals surface area contributed by atoms with E-state index >= 15 is 0 Å². The molecule has 0 bridgehead atoms. The van der Waals surface area contributed by atoms with Crippen molar-refractivity contribution >= 4 is 21.4 Å². The van der Waals surface area contributed by atoms with Gasteiger partial charge in [-0.05, 0) is 49.6 Å². The van der Waals surface area contributed by atoms with Gasteiger partial charge in [0.25, 0.3) is 0 Å². The Kier molecular flexibility index (Phi) is 4.89. The van der Waals surface area contributed by atoms with Gasteiger partial charge in [0.05, 0.1) is 11.4 Å². The third-order valence-electron chi connectivity index (χ3n) is 3.12. The van der Waals surface area contributed by atoms with Crippen molar-refractivity contribution in [2.75, 3.05) is 18.4 Å². The van der Waals surface area contributed by atoms with Crippen LogP contribution in [0.3, 0.4) is 0 Å². The second-order valence-electron chi connectivity index (χ2n) is 4.95. The lowest BCUT2D eigenvalue weighted by Crippen LogP contribution is -2.29. The third kappa shape index (κ3) is 4.47. The maximum Gasteiger partial charge on any atom is 0.341 e. The van der Waals surface area contributed by atoms with Gasteiger partial charge >= 0.3 is 5.76 Å². The van der Waals surface area contributed by atoms with E-state index in [0.717, 1.165) is 18.7 Å². The van der Waals surface area contributed by atoms with Gasteiger partial charge in [-0.1, -0.05) is 0 Å². The van der Waals surface area contributed by atoms with Crippen molar-refractivity contribution in [1.29, 1.82) is 0 Å². The summed E-state index contributed by atoms with van der Waals surface area (Å²) in [6.45, 7) is 0.965. The summed E-state index contributed by atoms with van der Waals surface area (Å²) in [5, 5.41) is 5.57. The highest BCUT2D eigenvalue weighted by molar-refractivity contribution is 7.91. The zero-order valence-corrected chi connectivity index (χ0v) is 12.0. The van der Waals surface area contributed by atoms with E-state index in [2.05, 4.69) is 10.6 Å². The van der Waals surface area contributed by atoms with Crippen LogP contribution in [-0.2, 0) is 14.6 Å². The second-order valence-corrected chi connectivity index (χ2v) is 6.87. The fraction of sp³-hybridized carbons (Fsp3) is 0.462. The van der Waals surface area contributed by atoms with Crippen LogP contribution >= 0.6 is 0 Å². The normalized spacial score (nSPS) is 15.2. The number of sulfone groups is 1. The molecular weight excluding hydrogens is 302 g/mol. The number of halogens is 2. The minimum absolute atomic E-state index is 0.160. The van der Waals surface area contributed by atoms with E-state index in [-0.39, 0.29) is 12.5 Å². The molecule has 0 atom stereocenters. The van der Waals surface area contributed by atoms with Crippen molar-refractivity contribution in [1.82, 2.24) is 5.32 Å². The van der Waals surface area contributed by atoms with Gasteiger partial charge in [-0.3, -0.25) is 4.79 Å². The number of benzene rings is 1. The molecule has 0 heterocycles. The first-order chi connectivity index (χ1) is 9.89. The molecule has 1 aliphatic carbocycles. The molecule has 21 heavy (non-hydrogen) atoms. The Morgan fingerprint density at radius 2 is 1.86 bits per heavy atom. The number of rotatable bonds is 7. The minimum Gasteiger partial charge on any atom is -0.325 e. The van der Waals surface area contributed by atoms with Crippen LogP contribution in [0.1, 0.15) is 12.8 Å². The van der Waals surface area contributed by atoms with Crippen molar-refractivity contribution in [2.24, 2.45) is 5.92 Å². The van der Waals surface area contributed by atoms with Gasteiger partial charge in [-0.15, -0.1) is 0 Å². The van der Waals surface area contributed by atoms with Gasteiger partial charge in [0.15, 0.2) is 0 Å². The average Bonchev–Trinajstić information content (AvgIpc) is 3.23. The molecule has 5 nitrogen and oxygen atoms in total. The Hall–Kier alpha value is -1.54. The summed E-state index contributed by atoms with van der Waals surface area (Å²) in [5.74, 6) is -3.05. The van der Waals surface area contributed by atoms with Crippen LogP contribution in [0, 0.1) is 5.92 Å². The maximum atomic E-state index is 12.4. The number of nitrogens with one attached hydrogen (secondary N) is 2. The Balaban J connectivity index is 1.88. The first kappa shape index (κ1) is 15.8. The molecule has 2 N–H and O–H groups in total. The number of amides is 1. The van der Waals surface area contributed by atoms with Crippen molar-refractivity contribution in [3.63, 3.8) is 0 Å². The molecular formula is C13H16F2N2O3S. The smallest absolute Gasteiger partial charge is 0.325 e. The largest absolute Gasteiger partial charge is 0.341 e. The lowest BCUT2D eigenvalue weighted by atomic mass is 10.3. The van der Waals surface area contributed by atoms with Crippen LogP contribution in [0.25, 0.3) is 0 Å². The predicted molar refractivity (Wildman–Crippen MR) is 73.9 cm³/mol. The summed E-state index contributed by atoms with van der Waals surface area (Å²) < 4.78 is 47.2. The third-order valence-corrected chi connectivity index (χ3v) is 4.52. The molecule has 0 saturated heterocycles.